The van der Waals surface area contributed by atoms with E-state index in [9.17, 15) is 14.4 Å². The number of nitrogens with one attached hydrogen (secondary N) is 4. The second-order valence-corrected chi connectivity index (χ2v) is 10.6. The van der Waals surface area contributed by atoms with Gasteiger partial charge in [-0.05, 0) is 71.8 Å². The summed E-state index contributed by atoms with van der Waals surface area (Å²) < 4.78 is 0. The summed E-state index contributed by atoms with van der Waals surface area (Å²) in [5.41, 5.74) is 7.88. The molecule has 1 aromatic rings. The SMILES string of the molecule is C=Cc1[nH]c(C(N)=O)cc1/C=C(\C)Cl.CC.CCCN(C)C/C=C(\C)NC(=S)C(=O)N[C@H]1CCCN(C(=O)NCC)C1. The number of likely N-dealkylation sites (tertiary alicyclic amines) is 1. The summed E-state index contributed by atoms with van der Waals surface area (Å²) in [6.07, 6.45) is 8.18. The van der Waals surface area contributed by atoms with Gasteiger partial charge in [0.25, 0.3) is 11.8 Å². The number of thiocarbonyl (C=S) groups is 1. The number of hydrogen-bond acceptors (Lipinski definition) is 5. The topological polar surface area (TPSA) is 136 Å². The summed E-state index contributed by atoms with van der Waals surface area (Å²) >= 11 is 10.9. The zero-order valence-corrected chi connectivity index (χ0v) is 27.8. The maximum atomic E-state index is 12.3. The van der Waals surface area contributed by atoms with Crippen LogP contribution in [-0.2, 0) is 4.79 Å². The molecule has 0 radical (unpaired) electrons. The number of piperidine rings is 1. The lowest BCUT2D eigenvalue weighted by Gasteiger charge is -2.33. The third kappa shape index (κ3) is 15.2. The minimum absolute atomic E-state index is 0.0708. The number of nitrogens with two attached hydrogens (primary N) is 1. The van der Waals surface area contributed by atoms with E-state index in [0.29, 0.717) is 30.4 Å². The van der Waals surface area contributed by atoms with E-state index < -0.39 is 5.91 Å². The summed E-state index contributed by atoms with van der Waals surface area (Å²) in [7, 11) is 2.06. The van der Waals surface area contributed by atoms with Crippen LogP contribution in [0.5, 0.6) is 0 Å². The summed E-state index contributed by atoms with van der Waals surface area (Å²) in [5.74, 6) is -0.794. The fourth-order valence-corrected chi connectivity index (χ4v) is 4.31. The highest BCUT2D eigenvalue weighted by Crippen LogP contribution is 2.17. The van der Waals surface area contributed by atoms with E-state index in [0.717, 1.165) is 49.3 Å². The highest BCUT2D eigenvalue weighted by atomic mass is 35.5. The maximum absolute atomic E-state index is 12.3. The van der Waals surface area contributed by atoms with Crippen molar-refractivity contribution < 1.29 is 14.4 Å². The third-order valence-corrected chi connectivity index (χ3v) is 6.30. The number of hydrogen-bond donors (Lipinski definition) is 5. The molecular formula is C30H50ClN7O3S. The van der Waals surface area contributed by atoms with Crippen molar-refractivity contribution in [3.63, 3.8) is 0 Å². The molecule has 1 fully saturated rings. The maximum Gasteiger partial charge on any atom is 0.317 e. The molecule has 0 aromatic carbocycles. The van der Waals surface area contributed by atoms with Gasteiger partial charge in [-0.25, -0.2) is 4.79 Å². The Labute approximate surface area is 262 Å². The first-order chi connectivity index (χ1) is 19.9. The van der Waals surface area contributed by atoms with Crippen LogP contribution in [-0.4, -0.2) is 83.4 Å². The number of likely N-dealkylation sites (N-methyl/N-ethyl adjacent to an activating group) is 1. The first-order valence-corrected chi connectivity index (χ1v) is 15.2. The van der Waals surface area contributed by atoms with E-state index in [1.807, 2.05) is 33.8 Å². The lowest BCUT2D eigenvalue weighted by Crippen LogP contribution is -2.53. The zero-order chi connectivity index (χ0) is 32.2. The standard InChI is InChI=1S/C18H33N5O2S.C10H11ClN2O.C2H6/c1-5-10-22(4)12-9-14(3)20-17(26)16(24)21-15-8-7-11-23(13-15)18(25)19-6-2;1-3-8-7(4-6(2)11)5-9(13-8)10(12)14;1-2/h9,15H,5-8,10-13H2,1-4H3,(H,19,25)(H,20,26)(H,21,24);3-5,13H,1H2,2H3,(H2,12,14);1-2H3/b14-9+;6-4+;/t15-;;/m0../s1. The van der Waals surface area contributed by atoms with E-state index >= 15 is 0 Å². The molecule has 2 rings (SSSR count). The summed E-state index contributed by atoms with van der Waals surface area (Å²) in [5, 5.41) is 9.34. The molecule has 236 valence electrons. The van der Waals surface area contributed by atoms with Gasteiger partial charge in [-0.3, -0.25) is 9.59 Å². The summed E-state index contributed by atoms with van der Waals surface area (Å²) in [6, 6.07) is 1.49. The molecule has 1 saturated heterocycles. The average Bonchev–Trinajstić information content (AvgIpc) is 3.36. The molecule has 1 atom stereocenters. The predicted octanol–water partition coefficient (Wildman–Crippen LogP) is 4.84. The molecule has 2 heterocycles. The summed E-state index contributed by atoms with van der Waals surface area (Å²) in [4.78, 5) is 42.1. The number of urea groups is 1. The monoisotopic (exact) mass is 623 g/mol. The smallest absolute Gasteiger partial charge is 0.317 e. The van der Waals surface area contributed by atoms with Crippen molar-refractivity contribution in [1.82, 2.24) is 30.7 Å². The molecule has 10 nitrogen and oxygen atoms in total. The van der Waals surface area contributed by atoms with Crippen LogP contribution in [0.1, 0.15) is 82.6 Å². The van der Waals surface area contributed by atoms with Gasteiger partial charge in [0.15, 0.2) is 4.99 Å². The molecule has 4 amide bonds. The van der Waals surface area contributed by atoms with E-state index in [2.05, 4.69) is 46.4 Å². The number of primary amides is 1. The van der Waals surface area contributed by atoms with Crippen molar-refractivity contribution in [3.05, 3.63) is 46.4 Å². The van der Waals surface area contributed by atoms with Crippen LogP contribution in [0.2, 0.25) is 0 Å². The van der Waals surface area contributed by atoms with Gasteiger partial charge in [0, 0.05) is 54.2 Å². The minimum Gasteiger partial charge on any atom is -0.364 e. The van der Waals surface area contributed by atoms with E-state index in [4.69, 9.17) is 29.6 Å². The number of amides is 4. The van der Waals surface area contributed by atoms with Crippen LogP contribution in [0.15, 0.2) is 29.5 Å². The van der Waals surface area contributed by atoms with Crippen LogP contribution in [0.3, 0.4) is 0 Å². The van der Waals surface area contributed by atoms with Crippen LogP contribution >= 0.6 is 23.8 Å². The van der Waals surface area contributed by atoms with Crippen molar-refractivity contribution in [1.29, 1.82) is 0 Å². The second kappa shape index (κ2) is 21.5. The lowest BCUT2D eigenvalue weighted by molar-refractivity contribution is -0.115. The van der Waals surface area contributed by atoms with Crippen molar-refractivity contribution >= 4 is 58.8 Å². The molecular weight excluding hydrogens is 574 g/mol. The van der Waals surface area contributed by atoms with Gasteiger partial charge < -0.3 is 36.5 Å². The number of rotatable bonds is 10. The highest BCUT2D eigenvalue weighted by Gasteiger charge is 2.25. The average molecular weight is 624 g/mol. The number of nitrogens with zero attached hydrogens (tertiary/aromatic N) is 2. The van der Waals surface area contributed by atoms with Crippen molar-refractivity contribution in [2.24, 2.45) is 5.73 Å². The highest BCUT2D eigenvalue weighted by molar-refractivity contribution is 7.82. The fraction of sp³-hybridized carbons (Fsp3) is 0.533. The number of halogens is 1. The van der Waals surface area contributed by atoms with Crippen molar-refractivity contribution in [2.75, 3.05) is 39.8 Å². The van der Waals surface area contributed by atoms with Gasteiger partial charge in [-0.2, -0.15) is 0 Å². The Balaban J connectivity index is 0.000000881. The van der Waals surface area contributed by atoms with Gasteiger partial charge in [0.1, 0.15) is 5.69 Å². The van der Waals surface area contributed by atoms with Gasteiger partial charge in [0.2, 0.25) is 0 Å². The first-order valence-electron chi connectivity index (χ1n) is 14.4. The number of H-pyrrole nitrogens is 1. The van der Waals surface area contributed by atoms with Gasteiger partial charge in [-0.1, -0.05) is 57.2 Å². The molecule has 1 aliphatic heterocycles. The van der Waals surface area contributed by atoms with Gasteiger partial charge in [-0.15, -0.1) is 0 Å². The Morgan fingerprint density at radius 3 is 2.50 bits per heavy atom. The van der Waals surface area contributed by atoms with E-state index in [-0.39, 0.29) is 23.0 Å². The Bertz CT molecular complexity index is 1100. The number of aromatic nitrogens is 1. The number of allylic oxidation sites excluding steroid dienone is 2. The Hall–Kier alpha value is -3.15. The molecule has 0 spiro atoms. The fourth-order valence-electron chi connectivity index (χ4n) is 3.97. The number of carbonyl (C=O) groups is 3. The van der Waals surface area contributed by atoms with Crippen LogP contribution in [0, 0.1) is 0 Å². The van der Waals surface area contributed by atoms with Crippen molar-refractivity contribution in [2.45, 2.75) is 66.8 Å². The zero-order valence-electron chi connectivity index (χ0n) is 26.2. The molecule has 0 saturated carbocycles. The van der Waals surface area contributed by atoms with Crippen LogP contribution < -0.4 is 21.7 Å². The Morgan fingerprint density at radius 2 is 1.95 bits per heavy atom. The third-order valence-electron chi connectivity index (χ3n) is 5.91. The molecule has 0 unspecified atom stereocenters. The number of aromatic amines is 1. The van der Waals surface area contributed by atoms with E-state index in [1.54, 1.807) is 30.0 Å². The minimum atomic E-state index is -0.500. The Morgan fingerprint density at radius 1 is 1.29 bits per heavy atom. The summed E-state index contributed by atoms with van der Waals surface area (Å²) in [6.45, 7) is 19.0. The molecule has 0 aliphatic carbocycles. The van der Waals surface area contributed by atoms with Crippen molar-refractivity contribution in [3.8, 4) is 0 Å². The number of carbonyl (C=O) groups excluding carboxylic acids is 3. The Kier molecular flexibility index (Phi) is 19.9. The molecule has 0 bridgehead atoms. The first kappa shape index (κ1) is 38.9. The molecule has 1 aliphatic rings. The largest absolute Gasteiger partial charge is 0.364 e. The molecule has 6 N–H and O–H groups in total. The molecule has 12 heteroatoms. The van der Waals surface area contributed by atoms with Crippen LogP contribution in [0.4, 0.5) is 4.79 Å². The van der Waals surface area contributed by atoms with E-state index in [1.165, 1.54) is 0 Å². The van der Waals surface area contributed by atoms with Crippen LogP contribution in [0.25, 0.3) is 12.2 Å². The van der Waals surface area contributed by atoms with Gasteiger partial charge >= 0.3 is 6.03 Å². The molecule has 42 heavy (non-hydrogen) atoms. The van der Waals surface area contributed by atoms with Gasteiger partial charge in [0.05, 0.1) is 0 Å². The quantitative estimate of drug-likeness (QED) is 0.237. The second-order valence-electron chi connectivity index (χ2n) is 9.55. The lowest BCUT2D eigenvalue weighted by atomic mass is 10.1. The molecule has 1 aromatic heterocycles. The predicted molar refractivity (Wildman–Crippen MR) is 179 cm³/mol. The normalized spacial score (nSPS) is 15.0.